The molecule has 2 aromatic carbocycles. The van der Waals surface area contributed by atoms with Crippen LogP contribution in [-0.4, -0.2) is 55.9 Å². The minimum absolute atomic E-state index is 0.0150. The summed E-state index contributed by atoms with van der Waals surface area (Å²) in [5.74, 6) is -0.124. The molecule has 0 saturated carbocycles. The average Bonchev–Trinajstić information content (AvgIpc) is 2.87. The van der Waals surface area contributed by atoms with Crippen molar-refractivity contribution in [1.29, 1.82) is 0 Å². The van der Waals surface area contributed by atoms with E-state index in [-0.39, 0.29) is 19.1 Å². The third-order valence-electron chi connectivity index (χ3n) is 5.42. The summed E-state index contributed by atoms with van der Waals surface area (Å²) in [7, 11) is 0. The molecule has 1 atom stereocenters. The lowest BCUT2D eigenvalue weighted by Crippen LogP contribution is -2.59. The van der Waals surface area contributed by atoms with Gasteiger partial charge in [-0.2, -0.15) is 13.2 Å². The zero-order chi connectivity index (χ0) is 21.2. The molecule has 0 bridgehead atoms. The summed E-state index contributed by atoms with van der Waals surface area (Å²) in [4.78, 5) is 16.4. The molecule has 2 heterocycles. The molecule has 1 spiro atoms. The number of alkyl halides is 3. The van der Waals surface area contributed by atoms with Crippen LogP contribution in [0.5, 0.6) is 0 Å². The van der Waals surface area contributed by atoms with Crippen molar-refractivity contribution in [3.05, 3.63) is 65.7 Å². The van der Waals surface area contributed by atoms with E-state index in [9.17, 15) is 18.0 Å². The van der Waals surface area contributed by atoms with E-state index in [1.165, 1.54) is 12.1 Å². The third kappa shape index (κ3) is 4.66. The van der Waals surface area contributed by atoms with Crippen LogP contribution in [0.15, 0.2) is 54.6 Å². The number of halogens is 3. The first-order valence-corrected chi connectivity index (χ1v) is 9.80. The topological polar surface area (TPSA) is 42.0 Å². The smallest absolute Gasteiger partial charge is 0.368 e. The van der Waals surface area contributed by atoms with Crippen molar-refractivity contribution in [2.45, 2.75) is 18.3 Å². The highest BCUT2D eigenvalue weighted by Crippen LogP contribution is 2.30. The molecule has 2 aromatic rings. The lowest BCUT2D eigenvalue weighted by atomic mass is 10.0. The summed E-state index contributed by atoms with van der Waals surface area (Å²) < 4.78 is 50.1. The largest absolute Gasteiger partial charge is 0.416 e. The SMILES string of the molecule is O=C1COCC2(CN(Cc3ccc(C(F)(F)F)cc3)CCO2)CN1c1ccccc1. The molecular formula is C22H23F3N2O3. The van der Waals surface area contributed by atoms with Crippen LogP contribution in [-0.2, 0) is 27.0 Å². The van der Waals surface area contributed by atoms with Crippen molar-refractivity contribution in [3.8, 4) is 0 Å². The van der Waals surface area contributed by atoms with Gasteiger partial charge in [0.2, 0.25) is 0 Å². The summed E-state index contributed by atoms with van der Waals surface area (Å²) in [5.41, 5.74) is 0.243. The Labute approximate surface area is 173 Å². The van der Waals surface area contributed by atoms with Crippen molar-refractivity contribution < 1.29 is 27.4 Å². The number of morpholine rings is 1. The quantitative estimate of drug-likeness (QED) is 0.764. The summed E-state index contributed by atoms with van der Waals surface area (Å²) >= 11 is 0. The molecule has 8 heteroatoms. The van der Waals surface area contributed by atoms with Gasteiger partial charge in [0.05, 0.1) is 25.3 Å². The van der Waals surface area contributed by atoms with Crippen molar-refractivity contribution in [2.24, 2.45) is 0 Å². The third-order valence-corrected chi connectivity index (χ3v) is 5.42. The molecule has 0 radical (unpaired) electrons. The first-order valence-electron chi connectivity index (χ1n) is 9.80. The fraction of sp³-hybridized carbons (Fsp3) is 0.409. The second-order valence-electron chi connectivity index (χ2n) is 7.75. The summed E-state index contributed by atoms with van der Waals surface area (Å²) in [6.45, 7) is 2.76. The lowest BCUT2D eigenvalue weighted by Gasteiger charge is -2.43. The maximum atomic E-state index is 12.8. The van der Waals surface area contributed by atoms with Gasteiger partial charge in [0.15, 0.2) is 0 Å². The maximum Gasteiger partial charge on any atom is 0.416 e. The number of hydrogen-bond acceptors (Lipinski definition) is 4. The highest BCUT2D eigenvalue weighted by Gasteiger charge is 2.42. The number of para-hydroxylation sites is 1. The molecule has 4 rings (SSSR count). The fourth-order valence-corrected chi connectivity index (χ4v) is 3.97. The molecule has 2 aliphatic heterocycles. The van der Waals surface area contributed by atoms with Gasteiger partial charge in [-0.25, -0.2) is 0 Å². The summed E-state index contributed by atoms with van der Waals surface area (Å²) in [6.07, 6.45) is -4.34. The van der Waals surface area contributed by atoms with E-state index in [2.05, 4.69) is 4.90 Å². The molecular weight excluding hydrogens is 397 g/mol. The van der Waals surface area contributed by atoms with Gasteiger partial charge in [-0.3, -0.25) is 9.69 Å². The van der Waals surface area contributed by atoms with Crippen molar-refractivity contribution in [3.63, 3.8) is 0 Å². The second kappa shape index (κ2) is 8.37. The number of amides is 1. The van der Waals surface area contributed by atoms with Gasteiger partial charge in [0.25, 0.3) is 5.91 Å². The van der Waals surface area contributed by atoms with Crippen molar-refractivity contribution >= 4 is 11.6 Å². The van der Waals surface area contributed by atoms with E-state index in [0.717, 1.165) is 23.4 Å². The molecule has 2 fully saturated rings. The zero-order valence-electron chi connectivity index (χ0n) is 16.4. The molecule has 160 valence electrons. The summed E-state index contributed by atoms with van der Waals surface area (Å²) in [5, 5.41) is 0. The molecule has 30 heavy (non-hydrogen) atoms. The Morgan fingerprint density at radius 3 is 2.43 bits per heavy atom. The van der Waals surface area contributed by atoms with Crippen LogP contribution in [0.2, 0.25) is 0 Å². The summed E-state index contributed by atoms with van der Waals surface area (Å²) in [6, 6.07) is 14.6. The van der Waals surface area contributed by atoms with E-state index >= 15 is 0 Å². The van der Waals surface area contributed by atoms with Gasteiger partial charge in [0.1, 0.15) is 12.2 Å². The van der Waals surface area contributed by atoms with Gasteiger partial charge in [-0.15, -0.1) is 0 Å². The Kier molecular flexibility index (Phi) is 5.81. The minimum Gasteiger partial charge on any atom is -0.368 e. The Bertz CT molecular complexity index is 873. The van der Waals surface area contributed by atoms with Crippen LogP contribution < -0.4 is 4.90 Å². The van der Waals surface area contributed by atoms with E-state index in [1.807, 2.05) is 30.3 Å². The second-order valence-corrected chi connectivity index (χ2v) is 7.75. The number of carbonyl (C=O) groups is 1. The molecule has 2 aliphatic rings. The van der Waals surface area contributed by atoms with Crippen LogP contribution in [0.1, 0.15) is 11.1 Å². The number of nitrogens with zero attached hydrogens (tertiary/aromatic N) is 2. The monoisotopic (exact) mass is 420 g/mol. The van der Waals surface area contributed by atoms with E-state index < -0.39 is 17.3 Å². The Morgan fingerprint density at radius 1 is 1.00 bits per heavy atom. The number of hydrogen-bond donors (Lipinski definition) is 0. The van der Waals surface area contributed by atoms with Gasteiger partial charge in [0, 0.05) is 25.3 Å². The normalized spacial score (nSPS) is 23.6. The fourth-order valence-electron chi connectivity index (χ4n) is 3.97. The van der Waals surface area contributed by atoms with Crippen LogP contribution in [0, 0.1) is 0 Å². The number of benzene rings is 2. The number of rotatable bonds is 3. The Balaban J connectivity index is 1.48. The molecule has 0 aromatic heterocycles. The molecule has 1 amide bonds. The minimum atomic E-state index is -4.34. The van der Waals surface area contributed by atoms with Crippen LogP contribution in [0.3, 0.4) is 0 Å². The zero-order valence-corrected chi connectivity index (χ0v) is 16.4. The standard InChI is InChI=1S/C22H23F3N2O3/c23-22(24,25)18-8-6-17(7-9-18)12-26-10-11-30-21(14-26)15-27(20(28)13-29-16-21)19-4-2-1-3-5-19/h1-9H,10-16H2. The Hall–Kier alpha value is -2.42. The Morgan fingerprint density at radius 2 is 1.73 bits per heavy atom. The van der Waals surface area contributed by atoms with Gasteiger partial charge >= 0.3 is 6.18 Å². The highest BCUT2D eigenvalue weighted by atomic mass is 19.4. The van der Waals surface area contributed by atoms with E-state index in [4.69, 9.17) is 9.47 Å². The van der Waals surface area contributed by atoms with Gasteiger partial charge < -0.3 is 14.4 Å². The average molecular weight is 420 g/mol. The van der Waals surface area contributed by atoms with Crippen molar-refractivity contribution in [2.75, 3.05) is 44.4 Å². The van der Waals surface area contributed by atoms with E-state index in [1.54, 1.807) is 4.90 Å². The lowest BCUT2D eigenvalue weighted by molar-refractivity contribution is -0.137. The molecule has 1 unspecified atom stereocenters. The maximum absolute atomic E-state index is 12.8. The molecule has 0 N–H and O–H groups in total. The van der Waals surface area contributed by atoms with Gasteiger partial charge in [-0.05, 0) is 29.8 Å². The molecule has 5 nitrogen and oxygen atoms in total. The highest BCUT2D eigenvalue weighted by molar-refractivity contribution is 5.94. The molecule has 2 saturated heterocycles. The predicted molar refractivity (Wildman–Crippen MR) is 105 cm³/mol. The number of carbonyl (C=O) groups excluding carboxylic acids is 1. The molecule has 0 aliphatic carbocycles. The first-order chi connectivity index (χ1) is 14.3. The van der Waals surface area contributed by atoms with Crippen LogP contribution in [0.25, 0.3) is 0 Å². The van der Waals surface area contributed by atoms with Gasteiger partial charge in [-0.1, -0.05) is 30.3 Å². The van der Waals surface area contributed by atoms with Crippen LogP contribution >= 0.6 is 0 Å². The van der Waals surface area contributed by atoms with Crippen LogP contribution in [0.4, 0.5) is 18.9 Å². The number of anilines is 1. The predicted octanol–water partition coefficient (Wildman–Crippen LogP) is 3.34. The van der Waals surface area contributed by atoms with Crippen molar-refractivity contribution in [1.82, 2.24) is 4.90 Å². The van der Waals surface area contributed by atoms with E-state index in [0.29, 0.717) is 32.8 Å². The first kappa shape index (κ1) is 20.8. The number of ether oxygens (including phenoxy) is 2.